The predicted octanol–water partition coefficient (Wildman–Crippen LogP) is 1.63. The van der Waals surface area contributed by atoms with Crippen LogP contribution in [0.5, 0.6) is 0 Å². The van der Waals surface area contributed by atoms with Crippen LogP contribution in [-0.2, 0) is 10.0 Å². The van der Waals surface area contributed by atoms with Gasteiger partial charge in [0.05, 0.1) is 10.7 Å². The highest BCUT2D eigenvalue weighted by molar-refractivity contribution is 7.92. The average Bonchev–Trinajstić information content (AvgIpc) is 2.48. The molecule has 0 aliphatic rings. The van der Waals surface area contributed by atoms with E-state index >= 15 is 0 Å². The molecule has 2 rings (SSSR count). The Morgan fingerprint density at radius 1 is 1.38 bits per heavy atom. The van der Waals surface area contributed by atoms with Crippen LogP contribution in [0, 0.1) is 0 Å². The molecule has 0 amide bonds. The number of sulfonamides is 1. The Hall–Kier alpha value is -1.90. The highest BCUT2D eigenvalue weighted by Gasteiger charge is 2.24. The monoisotopic (exact) mass is 327 g/mol. The summed E-state index contributed by atoms with van der Waals surface area (Å²) in [6.07, 6.45) is 4.26. The molecular formula is C12H14ClN5O2S. The van der Waals surface area contributed by atoms with E-state index in [1.54, 1.807) is 19.1 Å². The molecule has 9 heteroatoms. The first-order chi connectivity index (χ1) is 10.0. The second-order valence-electron chi connectivity index (χ2n) is 4.02. The van der Waals surface area contributed by atoms with E-state index in [-0.39, 0.29) is 22.3 Å². The molecule has 0 saturated carbocycles. The van der Waals surface area contributed by atoms with Crippen LogP contribution < -0.4 is 15.6 Å². The molecule has 0 bridgehead atoms. The molecule has 0 fully saturated rings. The number of nitrogens with two attached hydrogens (primary N) is 1. The summed E-state index contributed by atoms with van der Waals surface area (Å²) in [5, 5.41) is 0.129. The van der Waals surface area contributed by atoms with E-state index in [9.17, 15) is 8.42 Å². The van der Waals surface area contributed by atoms with Gasteiger partial charge in [-0.2, -0.15) is 0 Å². The van der Waals surface area contributed by atoms with Gasteiger partial charge in [0.2, 0.25) is 0 Å². The number of pyridine rings is 2. The summed E-state index contributed by atoms with van der Waals surface area (Å²) in [4.78, 5) is 7.75. The first-order valence-electron chi connectivity index (χ1n) is 6.05. The standard InChI is InChI=1S/C12H14ClN5O2S/c1-2-18(9-3-5-15-6-4-9)21(19,20)10-7-11(13)12(17-14)16-8-10/h3-8H,2,14H2,1H3,(H,16,17). The highest BCUT2D eigenvalue weighted by Crippen LogP contribution is 2.26. The summed E-state index contributed by atoms with van der Waals surface area (Å²) < 4.78 is 26.6. The smallest absolute Gasteiger partial charge is 0.265 e. The largest absolute Gasteiger partial charge is 0.307 e. The molecule has 7 nitrogen and oxygen atoms in total. The van der Waals surface area contributed by atoms with Crippen molar-refractivity contribution in [2.75, 3.05) is 16.3 Å². The van der Waals surface area contributed by atoms with Crippen molar-refractivity contribution in [2.45, 2.75) is 11.8 Å². The number of hydrogen-bond donors (Lipinski definition) is 2. The van der Waals surface area contributed by atoms with Crippen molar-refractivity contribution < 1.29 is 8.42 Å². The van der Waals surface area contributed by atoms with Crippen LogP contribution >= 0.6 is 11.6 Å². The fourth-order valence-corrected chi connectivity index (χ4v) is 3.53. The maximum absolute atomic E-state index is 12.7. The van der Waals surface area contributed by atoms with Crippen LogP contribution in [0.25, 0.3) is 0 Å². The summed E-state index contributed by atoms with van der Waals surface area (Å²) in [7, 11) is -3.76. The third-order valence-corrected chi connectivity index (χ3v) is 4.94. The quantitative estimate of drug-likeness (QED) is 0.639. The molecule has 2 aromatic rings. The third-order valence-electron chi connectivity index (χ3n) is 2.78. The van der Waals surface area contributed by atoms with E-state index in [1.807, 2.05) is 0 Å². The Balaban J connectivity index is 2.47. The zero-order valence-electron chi connectivity index (χ0n) is 11.2. The number of aromatic nitrogens is 2. The molecule has 0 radical (unpaired) electrons. The summed E-state index contributed by atoms with van der Waals surface area (Å²) in [6, 6.07) is 4.54. The van der Waals surface area contributed by atoms with E-state index in [0.717, 1.165) is 0 Å². The molecule has 21 heavy (non-hydrogen) atoms. The maximum atomic E-state index is 12.7. The maximum Gasteiger partial charge on any atom is 0.265 e. The van der Waals surface area contributed by atoms with Gasteiger partial charge >= 0.3 is 0 Å². The van der Waals surface area contributed by atoms with E-state index in [0.29, 0.717) is 5.69 Å². The van der Waals surface area contributed by atoms with E-state index in [2.05, 4.69) is 15.4 Å². The average molecular weight is 328 g/mol. The molecule has 3 N–H and O–H groups in total. The fourth-order valence-electron chi connectivity index (χ4n) is 1.80. The van der Waals surface area contributed by atoms with Crippen molar-refractivity contribution in [3.8, 4) is 0 Å². The fraction of sp³-hybridized carbons (Fsp3) is 0.167. The molecule has 112 valence electrons. The summed E-state index contributed by atoms with van der Waals surface area (Å²) >= 11 is 5.93. The lowest BCUT2D eigenvalue weighted by atomic mass is 10.4. The van der Waals surface area contributed by atoms with E-state index in [1.165, 1.54) is 29.0 Å². The number of halogens is 1. The predicted molar refractivity (Wildman–Crippen MR) is 81.5 cm³/mol. The summed E-state index contributed by atoms with van der Waals surface area (Å²) in [5.41, 5.74) is 2.81. The van der Waals surface area contributed by atoms with Crippen LogP contribution in [-0.4, -0.2) is 24.9 Å². The second-order valence-corrected chi connectivity index (χ2v) is 6.29. The number of nitrogens with zero attached hydrogens (tertiary/aromatic N) is 3. The van der Waals surface area contributed by atoms with Crippen molar-refractivity contribution in [1.82, 2.24) is 9.97 Å². The summed E-state index contributed by atoms with van der Waals surface area (Å²) in [6.45, 7) is 2.00. The van der Waals surface area contributed by atoms with Crippen LogP contribution in [0.1, 0.15) is 6.92 Å². The number of nitrogen functional groups attached to an aromatic ring is 1. The van der Waals surface area contributed by atoms with Gasteiger partial charge in [0.25, 0.3) is 10.0 Å². The number of anilines is 2. The SMILES string of the molecule is CCN(c1ccncc1)S(=O)(=O)c1cnc(NN)c(Cl)c1. The van der Waals surface area contributed by atoms with E-state index < -0.39 is 10.0 Å². The van der Waals surface area contributed by atoms with Gasteiger partial charge in [-0.25, -0.2) is 19.2 Å². The lowest BCUT2D eigenvalue weighted by molar-refractivity contribution is 0.591. The Bertz CT molecular complexity index is 724. The van der Waals surface area contributed by atoms with Crippen LogP contribution in [0.4, 0.5) is 11.5 Å². The van der Waals surface area contributed by atoms with Crippen LogP contribution in [0.3, 0.4) is 0 Å². The molecule has 0 aliphatic heterocycles. The lowest BCUT2D eigenvalue weighted by Crippen LogP contribution is -2.31. The molecule has 0 saturated heterocycles. The Labute approximate surface area is 127 Å². The molecule has 2 heterocycles. The molecule has 0 aliphatic carbocycles. The van der Waals surface area contributed by atoms with Gasteiger partial charge in [0.1, 0.15) is 4.90 Å². The molecule has 0 atom stereocenters. The van der Waals surface area contributed by atoms with Crippen molar-refractivity contribution in [3.05, 3.63) is 41.8 Å². The minimum absolute atomic E-state index is 0.00911. The lowest BCUT2D eigenvalue weighted by Gasteiger charge is -2.22. The minimum atomic E-state index is -3.76. The van der Waals surface area contributed by atoms with Crippen LogP contribution in [0.15, 0.2) is 41.7 Å². The van der Waals surface area contributed by atoms with Gasteiger partial charge < -0.3 is 5.43 Å². The first kappa shape index (κ1) is 15.5. The number of nitrogens with one attached hydrogen (secondary N) is 1. The van der Waals surface area contributed by atoms with Gasteiger partial charge in [-0.1, -0.05) is 11.6 Å². The third kappa shape index (κ3) is 3.07. The number of hydrogen-bond acceptors (Lipinski definition) is 6. The van der Waals surface area contributed by atoms with Crippen molar-refractivity contribution in [3.63, 3.8) is 0 Å². The Kier molecular flexibility index (Phi) is 4.61. The van der Waals surface area contributed by atoms with Gasteiger partial charge in [0, 0.05) is 25.1 Å². The van der Waals surface area contributed by atoms with Gasteiger partial charge in [-0.05, 0) is 25.1 Å². The second kappa shape index (κ2) is 6.25. The van der Waals surface area contributed by atoms with Crippen LogP contribution in [0.2, 0.25) is 5.02 Å². The Morgan fingerprint density at radius 3 is 2.57 bits per heavy atom. The van der Waals surface area contributed by atoms with E-state index in [4.69, 9.17) is 17.4 Å². The molecule has 0 spiro atoms. The number of hydrazine groups is 1. The zero-order valence-corrected chi connectivity index (χ0v) is 12.8. The topological polar surface area (TPSA) is 101 Å². The molecule has 0 unspecified atom stereocenters. The van der Waals surface area contributed by atoms with Crippen molar-refractivity contribution >= 4 is 33.1 Å². The molecule has 2 aromatic heterocycles. The van der Waals surface area contributed by atoms with Crippen molar-refractivity contribution in [1.29, 1.82) is 0 Å². The summed E-state index contributed by atoms with van der Waals surface area (Å²) in [5.74, 6) is 5.43. The molecular weight excluding hydrogens is 314 g/mol. The molecule has 0 aromatic carbocycles. The van der Waals surface area contributed by atoms with Gasteiger partial charge in [-0.15, -0.1) is 0 Å². The van der Waals surface area contributed by atoms with Crippen molar-refractivity contribution in [2.24, 2.45) is 5.84 Å². The number of rotatable bonds is 5. The minimum Gasteiger partial charge on any atom is -0.307 e. The van der Waals surface area contributed by atoms with Gasteiger partial charge in [0.15, 0.2) is 5.82 Å². The first-order valence-corrected chi connectivity index (χ1v) is 7.87. The Morgan fingerprint density at radius 2 is 2.05 bits per heavy atom. The van der Waals surface area contributed by atoms with Gasteiger partial charge in [-0.3, -0.25) is 9.29 Å². The normalized spacial score (nSPS) is 11.2. The highest BCUT2D eigenvalue weighted by atomic mass is 35.5. The zero-order chi connectivity index (χ0) is 15.5.